The smallest absolute Gasteiger partial charge is 0.355 e. The highest BCUT2D eigenvalue weighted by atomic mass is 16.7. The average molecular weight is 889 g/mol. The van der Waals surface area contributed by atoms with Gasteiger partial charge >= 0.3 is 11.9 Å². The van der Waals surface area contributed by atoms with Gasteiger partial charge in [-0.25, -0.2) is 9.59 Å². The molecule has 5 aliphatic rings. The van der Waals surface area contributed by atoms with Gasteiger partial charge in [-0.1, -0.05) is 47.6 Å². The number of hydrogen-bond acceptors (Lipinski definition) is 14. The third-order valence-corrected chi connectivity index (χ3v) is 14.1. The summed E-state index contributed by atoms with van der Waals surface area (Å²) in [6.07, 6.45) is 4.19. The molecule has 2 saturated heterocycles. The molecule has 1 saturated carbocycles. The largest absolute Gasteiger partial charge is 0.464 e. The second-order valence-electron chi connectivity index (χ2n) is 19.8. The minimum Gasteiger partial charge on any atom is -0.464 e. The van der Waals surface area contributed by atoms with Crippen molar-refractivity contribution >= 4 is 29.8 Å². The van der Waals surface area contributed by atoms with Gasteiger partial charge in [0.15, 0.2) is 11.9 Å². The number of amides is 1. The zero-order valence-electron chi connectivity index (χ0n) is 39.2. The number of aliphatic imine (C=N–C) groups is 1. The fourth-order valence-corrected chi connectivity index (χ4v) is 10.4. The van der Waals surface area contributed by atoms with E-state index in [2.05, 4.69) is 19.9 Å². The Balaban J connectivity index is 1.52. The van der Waals surface area contributed by atoms with Gasteiger partial charge in [0.1, 0.15) is 18.8 Å². The molecule has 63 heavy (non-hydrogen) atoms. The van der Waals surface area contributed by atoms with Crippen LogP contribution in [0.3, 0.4) is 0 Å². The van der Waals surface area contributed by atoms with E-state index >= 15 is 4.79 Å². The molecule has 1 amide bonds. The van der Waals surface area contributed by atoms with Crippen molar-refractivity contribution in [3.05, 3.63) is 23.3 Å². The molecule has 0 aromatic carbocycles. The van der Waals surface area contributed by atoms with Crippen molar-refractivity contribution in [3.63, 3.8) is 0 Å². The van der Waals surface area contributed by atoms with E-state index in [1.54, 1.807) is 34.1 Å². The monoisotopic (exact) mass is 889 g/mol. The molecule has 15 heteroatoms. The number of methoxy groups -OCH3 is 2. The number of aliphatic hydroxyl groups excluding tert-OH is 2. The van der Waals surface area contributed by atoms with Crippen LogP contribution < -0.4 is 0 Å². The maximum atomic E-state index is 15.1. The minimum absolute atomic E-state index is 0.00679. The van der Waals surface area contributed by atoms with Crippen LogP contribution in [0, 0.1) is 35.5 Å². The Morgan fingerprint density at radius 3 is 2.32 bits per heavy atom. The van der Waals surface area contributed by atoms with E-state index in [1.807, 2.05) is 20.8 Å². The van der Waals surface area contributed by atoms with Crippen LogP contribution in [0.1, 0.15) is 126 Å². The number of nitrogens with zero attached hydrogens (tertiary/aromatic N) is 2. The first-order chi connectivity index (χ1) is 29.8. The standard InChI is InChI=1S/C48H76N2O13/c1-28(2)26-61-41(53)27-60-36-14-12-34(13-15-36)23-31(5)42-33(7)37(51)25-38(52)35-16-18-49-47(46(56)62-42)17-10-11-19-50(47)45(55)44(54)48(57)32(6)24-40(59-9)43(63-48)39(58-8)22-30(4)20-29(3)21-35/h16,18,23,28-30,32-34,36-37,39-40,42-44,51,54,57H,10-15,17,19-22,24-27H2,1-9H3/b31-23?,35-16-,49-18?. The van der Waals surface area contributed by atoms with Crippen LogP contribution in [0.2, 0.25) is 0 Å². The quantitative estimate of drug-likeness (QED) is 0.200. The van der Waals surface area contributed by atoms with Crippen LogP contribution in [0.4, 0.5) is 0 Å². The third-order valence-electron chi connectivity index (χ3n) is 14.1. The Labute approximate surface area is 374 Å². The summed E-state index contributed by atoms with van der Waals surface area (Å²) in [4.78, 5) is 62.3. The predicted octanol–water partition coefficient (Wildman–Crippen LogP) is 5.26. The molecule has 4 bridgehead atoms. The topological polar surface area (TPSA) is 200 Å². The summed E-state index contributed by atoms with van der Waals surface area (Å²) in [5.41, 5.74) is -0.871. The normalized spacial score (nSPS) is 40.0. The van der Waals surface area contributed by atoms with Gasteiger partial charge in [-0.15, -0.1) is 0 Å². The number of ether oxygens (including phenoxy) is 6. The van der Waals surface area contributed by atoms with Crippen LogP contribution in [-0.2, 0) is 47.6 Å². The molecule has 1 aliphatic carbocycles. The van der Waals surface area contributed by atoms with E-state index in [-0.39, 0.29) is 73.9 Å². The van der Waals surface area contributed by atoms with Gasteiger partial charge in [0, 0.05) is 51.7 Å². The molecule has 0 aromatic heterocycles. The minimum atomic E-state index is -2.38. The molecule has 12 atom stereocenters. The molecule has 1 spiro atoms. The summed E-state index contributed by atoms with van der Waals surface area (Å²) in [5.74, 6) is -5.95. The van der Waals surface area contributed by atoms with Gasteiger partial charge in [-0.2, -0.15) is 0 Å². The van der Waals surface area contributed by atoms with Crippen molar-refractivity contribution in [1.82, 2.24) is 4.90 Å². The highest BCUT2D eigenvalue weighted by molar-refractivity contribution is 6.00. The van der Waals surface area contributed by atoms with Gasteiger partial charge in [0.2, 0.25) is 11.4 Å². The molecule has 0 radical (unpaired) electrons. The summed E-state index contributed by atoms with van der Waals surface area (Å²) >= 11 is 0. The second kappa shape index (κ2) is 22.4. The van der Waals surface area contributed by atoms with Gasteiger partial charge in [0.05, 0.1) is 31.0 Å². The lowest BCUT2D eigenvalue weighted by Crippen LogP contribution is -2.68. The molecule has 4 heterocycles. The van der Waals surface area contributed by atoms with Gasteiger partial charge in [-0.3, -0.25) is 14.6 Å². The molecule has 0 aromatic rings. The first kappa shape index (κ1) is 50.9. The number of carbonyl (C=O) groups is 4. The average Bonchev–Trinajstić information content (AvgIpc) is 3.25. The van der Waals surface area contributed by atoms with Crippen LogP contribution >= 0.6 is 0 Å². The second-order valence-corrected chi connectivity index (χ2v) is 19.8. The predicted molar refractivity (Wildman–Crippen MR) is 234 cm³/mol. The van der Waals surface area contributed by atoms with Crippen molar-refractivity contribution < 1.29 is 62.9 Å². The van der Waals surface area contributed by atoms with Gasteiger partial charge < -0.3 is 48.6 Å². The number of hydrogen-bond donors (Lipinski definition) is 3. The molecule has 12 unspecified atom stereocenters. The summed E-state index contributed by atoms with van der Waals surface area (Å²) in [5, 5.41) is 36.2. The molecule has 5 rings (SSSR count). The lowest BCUT2D eigenvalue weighted by atomic mass is 9.80. The Kier molecular flexibility index (Phi) is 18.1. The maximum absolute atomic E-state index is 15.1. The zero-order chi connectivity index (χ0) is 46.2. The Bertz CT molecular complexity index is 1670. The van der Waals surface area contributed by atoms with E-state index < -0.39 is 71.8 Å². The highest BCUT2D eigenvalue weighted by Crippen LogP contribution is 2.42. The molecular formula is C48H76N2O13. The van der Waals surface area contributed by atoms with E-state index in [0.717, 1.165) is 12.8 Å². The van der Waals surface area contributed by atoms with Crippen LogP contribution in [0.25, 0.3) is 0 Å². The van der Waals surface area contributed by atoms with Crippen molar-refractivity contribution in [2.24, 2.45) is 40.5 Å². The number of carbonyl (C=O) groups excluding carboxylic acids is 4. The first-order valence-corrected chi connectivity index (χ1v) is 23.4. The number of cyclic esters (lactones) is 1. The fourth-order valence-electron chi connectivity index (χ4n) is 10.4. The summed E-state index contributed by atoms with van der Waals surface area (Å²) in [6, 6.07) is 0. The molecule has 356 valence electrons. The number of esters is 2. The van der Waals surface area contributed by atoms with Crippen LogP contribution in [-0.4, -0.2) is 138 Å². The number of aliphatic hydroxyl groups is 3. The molecule has 3 fully saturated rings. The molecule has 4 aliphatic heterocycles. The SMILES string of the molecule is COC1CC(C)CC(C)C/C2=C/C=NC3(CCCCN3C(=O)C(O)C3(O)OC1C(OC)CC3C)C(=O)OC(C(C)=CC1CCC(OCC(=O)OCC(C)C)CC1)C(C)C(O)CC2=O. The molecule has 3 N–H and O–H groups in total. The number of fused-ring (bicyclic) bond motifs is 3. The van der Waals surface area contributed by atoms with Crippen molar-refractivity contribution in [2.75, 3.05) is 34.0 Å². The first-order valence-electron chi connectivity index (χ1n) is 23.4. The van der Waals surface area contributed by atoms with Gasteiger partial charge in [-0.05, 0) is 112 Å². The fraction of sp³-hybridized carbons (Fsp3) is 0.812. The number of allylic oxidation sites excluding steroid dienone is 3. The lowest BCUT2D eigenvalue weighted by molar-refractivity contribution is -0.346. The van der Waals surface area contributed by atoms with Crippen LogP contribution in [0.5, 0.6) is 0 Å². The Morgan fingerprint density at radius 2 is 1.65 bits per heavy atom. The highest BCUT2D eigenvalue weighted by Gasteiger charge is 2.59. The maximum Gasteiger partial charge on any atom is 0.355 e. The molecule has 15 nitrogen and oxygen atoms in total. The van der Waals surface area contributed by atoms with Crippen molar-refractivity contribution in [2.45, 2.75) is 180 Å². The number of ketones is 1. The van der Waals surface area contributed by atoms with Crippen LogP contribution in [0.15, 0.2) is 28.3 Å². The van der Waals surface area contributed by atoms with E-state index in [0.29, 0.717) is 62.7 Å². The Morgan fingerprint density at radius 1 is 0.968 bits per heavy atom. The number of Topliss-reactive ketones (excluding diaryl/α,β-unsaturated/α-hetero) is 1. The van der Waals surface area contributed by atoms with E-state index in [9.17, 15) is 29.7 Å². The lowest BCUT2D eigenvalue weighted by Gasteiger charge is -2.50. The summed E-state index contributed by atoms with van der Waals surface area (Å²) in [7, 11) is 3.10. The van der Waals surface area contributed by atoms with Crippen molar-refractivity contribution in [1.29, 1.82) is 0 Å². The Hall–Kier alpha value is -3.05. The third kappa shape index (κ3) is 12.2. The summed E-state index contributed by atoms with van der Waals surface area (Å²) < 4.78 is 35.8. The van der Waals surface area contributed by atoms with E-state index in [1.165, 1.54) is 11.1 Å². The number of rotatable bonds is 9. The van der Waals surface area contributed by atoms with E-state index in [4.69, 9.17) is 33.4 Å². The number of piperidine rings is 1. The van der Waals surface area contributed by atoms with Crippen molar-refractivity contribution in [3.8, 4) is 0 Å². The zero-order valence-corrected chi connectivity index (χ0v) is 39.2. The van der Waals surface area contributed by atoms with Gasteiger partial charge in [0.25, 0.3) is 5.91 Å². The summed E-state index contributed by atoms with van der Waals surface area (Å²) in [6.45, 7) is 13.6. The molecular weight excluding hydrogens is 813 g/mol.